The van der Waals surface area contributed by atoms with Gasteiger partial charge in [0, 0.05) is 6.20 Å². The first-order valence-electron chi connectivity index (χ1n) is 5.83. The Morgan fingerprint density at radius 2 is 2.28 bits per heavy atom. The first-order chi connectivity index (χ1) is 8.64. The van der Waals surface area contributed by atoms with Crippen LogP contribution in [0.2, 0.25) is 0 Å². The number of amides is 1. The van der Waals surface area contributed by atoms with Crippen molar-refractivity contribution in [3.05, 3.63) is 18.1 Å². The lowest BCUT2D eigenvalue weighted by Gasteiger charge is -2.12. The van der Waals surface area contributed by atoms with Crippen LogP contribution in [0.25, 0.3) is 11.0 Å². The first kappa shape index (κ1) is 11.5. The lowest BCUT2D eigenvalue weighted by Crippen LogP contribution is -2.27. The van der Waals surface area contributed by atoms with Crippen molar-refractivity contribution in [1.82, 2.24) is 15.0 Å². The van der Waals surface area contributed by atoms with E-state index in [9.17, 15) is 4.79 Å². The molecular formula is C12H14N4OS. The maximum Gasteiger partial charge on any atom is 0.241 e. The number of hydrogen-bond acceptors (Lipinski definition) is 4. The Balaban J connectivity index is 1.95. The molecule has 0 saturated heterocycles. The summed E-state index contributed by atoms with van der Waals surface area (Å²) in [6.45, 7) is 1.82. The average Bonchev–Trinajstić information content (AvgIpc) is 3.01. The van der Waals surface area contributed by atoms with E-state index in [2.05, 4.69) is 20.3 Å². The SMILES string of the molecule is CSC1(C(=O)Nc2nc(C)nc3[nH]ccc23)CC1. The number of nitrogens with one attached hydrogen (secondary N) is 2. The van der Waals surface area contributed by atoms with Crippen LogP contribution >= 0.6 is 11.8 Å². The molecule has 2 heterocycles. The van der Waals surface area contributed by atoms with Crippen LogP contribution in [0.15, 0.2) is 12.3 Å². The summed E-state index contributed by atoms with van der Waals surface area (Å²) in [5.41, 5.74) is 0.756. The predicted molar refractivity (Wildman–Crippen MR) is 72.7 cm³/mol. The van der Waals surface area contributed by atoms with Crippen molar-refractivity contribution in [2.45, 2.75) is 24.5 Å². The predicted octanol–water partition coefficient (Wildman–Crippen LogP) is 2.10. The summed E-state index contributed by atoms with van der Waals surface area (Å²) in [7, 11) is 0. The second-order valence-corrected chi connectivity index (χ2v) is 5.70. The number of nitrogens with zero attached hydrogens (tertiary/aromatic N) is 2. The highest BCUT2D eigenvalue weighted by atomic mass is 32.2. The van der Waals surface area contributed by atoms with Gasteiger partial charge in [-0.25, -0.2) is 9.97 Å². The van der Waals surface area contributed by atoms with E-state index in [-0.39, 0.29) is 10.7 Å². The van der Waals surface area contributed by atoms with Gasteiger partial charge < -0.3 is 10.3 Å². The summed E-state index contributed by atoms with van der Waals surface area (Å²) < 4.78 is -0.235. The van der Waals surface area contributed by atoms with Crippen LogP contribution in [0.4, 0.5) is 5.82 Å². The molecule has 0 unspecified atom stereocenters. The number of thioether (sulfide) groups is 1. The van der Waals surface area contributed by atoms with Crippen molar-refractivity contribution in [2.24, 2.45) is 0 Å². The summed E-state index contributed by atoms with van der Waals surface area (Å²) in [4.78, 5) is 23.8. The van der Waals surface area contributed by atoms with Crippen LogP contribution in [0.5, 0.6) is 0 Å². The van der Waals surface area contributed by atoms with E-state index in [4.69, 9.17) is 0 Å². The number of fused-ring (bicyclic) bond motifs is 1. The van der Waals surface area contributed by atoms with Crippen molar-refractivity contribution in [3.63, 3.8) is 0 Å². The van der Waals surface area contributed by atoms with E-state index in [1.807, 2.05) is 19.2 Å². The second-order valence-electron chi connectivity index (χ2n) is 4.51. The summed E-state index contributed by atoms with van der Waals surface area (Å²) in [6.07, 6.45) is 5.67. The number of carbonyl (C=O) groups is 1. The number of hydrogen-bond donors (Lipinski definition) is 2. The van der Waals surface area contributed by atoms with E-state index in [0.29, 0.717) is 11.6 Å². The Labute approximate surface area is 109 Å². The largest absolute Gasteiger partial charge is 0.346 e. The van der Waals surface area contributed by atoms with Crippen molar-refractivity contribution in [1.29, 1.82) is 0 Å². The summed E-state index contributed by atoms with van der Waals surface area (Å²) in [5, 5.41) is 3.79. The molecule has 6 heteroatoms. The number of aromatic nitrogens is 3. The molecule has 1 aliphatic rings. The number of aromatic amines is 1. The highest BCUT2D eigenvalue weighted by Gasteiger charge is 2.49. The molecule has 0 bridgehead atoms. The summed E-state index contributed by atoms with van der Waals surface area (Å²) in [6, 6.07) is 1.88. The Morgan fingerprint density at radius 1 is 1.50 bits per heavy atom. The van der Waals surface area contributed by atoms with Crippen LogP contribution in [-0.4, -0.2) is 31.9 Å². The molecule has 1 fully saturated rings. The number of H-pyrrole nitrogens is 1. The zero-order valence-electron chi connectivity index (χ0n) is 10.3. The highest BCUT2D eigenvalue weighted by Crippen LogP contribution is 2.47. The van der Waals surface area contributed by atoms with Gasteiger partial charge in [0.2, 0.25) is 5.91 Å². The van der Waals surface area contributed by atoms with Crippen molar-refractivity contribution in [2.75, 3.05) is 11.6 Å². The van der Waals surface area contributed by atoms with Crippen LogP contribution < -0.4 is 5.32 Å². The van der Waals surface area contributed by atoms with E-state index >= 15 is 0 Å². The minimum Gasteiger partial charge on any atom is -0.346 e. The van der Waals surface area contributed by atoms with E-state index < -0.39 is 0 Å². The van der Waals surface area contributed by atoms with Crippen LogP contribution in [-0.2, 0) is 4.79 Å². The van der Waals surface area contributed by atoms with E-state index in [1.54, 1.807) is 18.0 Å². The zero-order valence-corrected chi connectivity index (χ0v) is 11.1. The number of anilines is 1. The maximum atomic E-state index is 12.2. The number of rotatable bonds is 3. The molecule has 0 aromatic carbocycles. The lowest BCUT2D eigenvalue weighted by atomic mass is 10.3. The molecule has 2 N–H and O–H groups in total. The number of carbonyl (C=O) groups excluding carboxylic acids is 1. The second kappa shape index (κ2) is 3.98. The smallest absolute Gasteiger partial charge is 0.241 e. The van der Waals surface area contributed by atoms with E-state index in [1.165, 1.54) is 0 Å². The standard InChI is InChI=1S/C12H14N4OS/c1-7-14-9-8(3-6-13-9)10(15-7)16-11(17)12(18-2)4-5-12/h3,6H,4-5H2,1-2H3,(H2,13,14,15,16,17). The first-order valence-corrected chi connectivity index (χ1v) is 7.05. The van der Waals surface area contributed by atoms with E-state index in [0.717, 1.165) is 23.9 Å². The van der Waals surface area contributed by atoms with Gasteiger partial charge in [-0.1, -0.05) is 0 Å². The fourth-order valence-corrected chi connectivity index (χ4v) is 2.75. The van der Waals surface area contributed by atoms with Crippen LogP contribution in [0.3, 0.4) is 0 Å². The third-order valence-corrected chi connectivity index (χ3v) is 4.64. The van der Waals surface area contributed by atoms with Gasteiger partial charge in [-0.2, -0.15) is 0 Å². The molecule has 94 valence electrons. The van der Waals surface area contributed by atoms with Gasteiger partial charge in [-0.05, 0) is 32.1 Å². The molecule has 1 saturated carbocycles. The van der Waals surface area contributed by atoms with Gasteiger partial charge in [0.05, 0.1) is 10.1 Å². The molecule has 2 aromatic heterocycles. The van der Waals surface area contributed by atoms with Crippen molar-refractivity contribution < 1.29 is 4.79 Å². The Kier molecular flexibility index (Phi) is 2.55. The minimum atomic E-state index is -0.235. The summed E-state index contributed by atoms with van der Waals surface area (Å²) >= 11 is 1.61. The summed E-state index contributed by atoms with van der Waals surface area (Å²) in [5.74, 6) is 1.30. The Morgan fingerprint density at radius 3 is 2.94 bits per heavy atom. The molecule has 1 aliphatic carbocycles. The van der Waals surface area contributed by atoms with Crippen molar-refractivity contribution >= 4 is 34.5 Å². The topological polar surface area (TPSA) is 70.7 Å². The molecular weight excluding hydrogens is 248 g/mol. The molecule has 0 aliphatic heterocycles. The molecule has 0 spiro atoms. The minimum absolute atomic E-state index is 0.0515. The third kappa shape index (κ3) is 1.77. The molecule has 1 amide bonds. The molecule has 3 rings (SSSR count). The molecule has 0 radical (unpaired) electrons. The average molecular weight is 262 g/mol. The van der Waals surface area contributed by atoms with Gasteiger partial charge in [0.15, 0.2) is 0 Å². The van der Waals surface area contributed by atoms with Crippen LogP contribution in [0.1, 0.15) is 18.7 Å². The Hall–Kier alpha value is -1.56. The lowest BCUT2D eigenvalue weighted by molar-refractivity contribution is -0.116. The molecule has 0 atom stereocenters. The highest BCUT2D eigenvalue weighted by molar-refractivity contribution is 8.01. The number of aryl methyl sites for hydroxylation is 1. The van der Waals surface area contributed by atoms with Gasteiger partial charge in [-0.3, -0.25) is 4.79 Å². The van der Waals surface area contributed by atoms with Gasteiger partial charge in [-0.15, -0.1) is 11.8 Å². The van der Waals surface area contributed by atoms with Gasteiger partial charge >= 0.3 is 0 Å². The molecule has 5 nitrogen and oxygen atoms in total. The van der Waals surface area contributed by atoms with Gasteiger partial charge in [0.25, 0.3) is 0 Å². The Bertz CT molecular complexity index is 618. The van der Waals surface area contributed by atoms with Gasteiger partial charge in [0.1, 0.15) is 17.3 Å². The van der Waals surface area contributed by atoms with Crippen molar-refractivity contribution in [3.8, 4) is 0 Å². The van der Waals surface area contributed by atoms with Crippen LogP contribution in [0, 0.1) is 6.92 Å². The monoisotopic (exact) mass is 262 g/mol. The quantitative estimate of drug-likeness (QED) is 0.888. The fraction of sp³-hybridized carbons (Fsp3) is 0.417. The molecule has 18 heavy (non-hydrogen) atoms. The maximum absolute atomic E-state index is 12.2. The third-order valence-electron chi connectivity index (χ3n) is 3.27. The normalized spacial score (nSPS) is 16.8. The molecule has 2 aromatic rings. The zero-order chi connectivity index (χ0) is 12.8. The fourth-order valence-electron chi connectivity index (χ4n) is 2.01.